The van der Waals surface area contributed by atoms with E-state index in [-0.39, 0.29) is 36.1 Å². The van der Waals surface area contributed by atoms with Crippen LogP contribution in [0.25, 0.3) is 0 Å². The molecule has 2 N–H and O–H groups in total. The molecule has 0 radical (unpaired) electrons. The molecular weight excluding hydrogens is 282 g/mol. The van der Waals surface area contributed by atoms with Gasteiger partial charge in [-0.3, -0.25) is 20.2 Å². The number of hydrogen-bond donors (Lipinski definition) is 2. The van der Waals surface area contributed by atoms with Crippen molar-refractivity contribution in [1.82, 2.24) is 14.8 Å². The number of nitrogens with zero attached hydrogens (tertiary/aromatic N) is 3. The molecule has 0 spiro atoms. The third-order valence-corrected chi connectivity index (χ3v) is 3.50. The minimum absolute atomic E-state index is 0.115. The van der Waals surface area contributed by atoms with E-state index in [2.05, 4.69) is 20.7 Å². The third-order valence-electron chi connectivity index (χ3n) is 3.50. The van der Waals surface area contributed by atoms with E-state index in [4.69, 9.17) is 0 Å². The quantitative estimate of drug-likeness (QED) is 0.904. The SMILES string of the molecule is CC(C)C(=O)Nc1nc2n(n1)C(c1ccccc1)CC(=O)N2. The van der Waals surface area contributed by atoms with Crippen molar-refractivity contribution in [1.29, 1.82) is 0 Å². The van der Waals surface area contributed by atoms with Crippen molar-refractivity contribution in [2.75, 3.05) is 10.6 Å². The molecule has 22 heavy (non-hydrogen) atoms. The van der Waals surface area contributed by atoms with Gasteiger partial charge in [0, 0.05) is 5.92 Å². The molecule has 0 saturated heterocycles. The standard InChI is InChI=1S/C15H17N5O2/c1-9(2)13(22)17-14-18-15-16-12(21)8-11(20(15)19-14)10-6-4-3-5-7-10/h3-7,9,11H,8H2,1-2H3,(H2,16,17,18,19,21,22). The summed E-state index contributed by atoms with van der Waals surface area (Å²) in [5.74, 6) is 0.113. The fraction of sp³-hybridized carbons (Fsp3) is 0.333. The summed E-state index contributed by atoms with van der Waals surface area (Å²) in [5.41, 5.74) is 0.977. The summed E-state index contributed by atoms with van der Waals surface area (Å²) in [5, 5.41) is 9.66. The highest BCUT2D eigenvalue weighted by atomic mass is 16.2. The van der Waals surface area contributed by atoms with Crippen molar-refractivity contribution in [3.8, 4) is 0 Å². The second-order valence-corrected chi connectivity index (χ2v) is 5.53. The van der Waals surface area contributed by atoms with Crippen LogP contribution in [-0.2, 0) is 9.59 Å². The highest BCUT2D eigenvalue weighted by molar-refractivity contribution is 5.93. The van der Waals surface area contributed by atoms with Gasteiger partial charge in [0.1, 0.15) is 0 Å². The van der Waals surface area contributed by atoms with Gasteiger partial charge in [-0.2, -0.15) is 4.98 Å². The number of carbonyl (C=O) groups excluding carboxylic acids is 2. The molecule has 3 rings (SSSR count). The Balaban J connectivity index is 1.94. The average Bonchev–Trinajstić information content (AvgIpc) is 2.89. The van der Waals surface area contributed by atoms with Gasteiger partial charge in [0.25, 0.3) is 5.95 Å². The lowest BCUT2D eigenvalue weighted by atomic mass is 10.0. The van der Waals surface area contributed by atoms with Gasteiger partial charge in [-0.05, 0) is 5.56 Å². The number of rotatable bonds is 3. The number of anilines is 2. The van der Waals surface area contributed by atoms with Crippen molar-refractivity contribution in [3.63, 3.8) is 0 Å². The number of fused-ring (bicyclic) bond motifs is 1. The molecule has 7 nitrogen and oxygen atoms in total. The molecule has 0 bridgehead atoms. The van der Waals surface area contributed by atoms with E-state index >= 15 is 0 Å². The van der Waals surface area contributed by atoms with Crippen LogP contribution < -0.4 is 10.6 Å². The van der Waals surface area contributed by atoms with Crippen LogP contribution >= 0.6 is 0 Å². The lowest BCUT2D eigenvalue weighted by Crippen LogP contribution is -2.29. The Kier molecular flexibility index (Phi) is 3.62. The zero-order chi connectivity index (χ0) is 15.7. The zero-order valence-corrected chi connectivity index (χ0v) is 12.4. The molecule has 7 heteroatoms. The van der Waals surface area contributed by atoms with E-state index in [1.54, 1.807) is 18.5 Å². The maximum absolute atomic E-state index is 11.9. The molecule has 1 unspecified atom stereocenters. The van der Waals surface area contributed by atoms with Crippen LogP contribution in [0.4, 0.5) is 11.9 Å². The van der Waals surface area contributed by atoms with Crippen molar-refractivity contribution < 1.29 is 9.59 Å². The summed E-state index contributed by atoms with van der Waals surface area (Å²) in [4.78, 5) is 27.8. The molecule has 2 amide bonds. The largest absolute Gasteiger partial charge is 0.295 e. The molecule has 0 aliphatic carbocycles. The smallest absolute Gasteiger partial charge is 0.250 e. The number of hydrogen-bond acceptors (Lipinski definition) is 4. The van der Waals surface area contributed by atoms with Crippen LogP contribution in [0, 0.1) is 5.92 Å². The lowest BCUT2D eigenvalue weighted by Gasteiger charge is -2.23. The lowest BCUT2D eigenvalue weighted by molar-refractivity contribution is -0.119. The summed E-state index contributed by atoms with van der Waals surface area (Å²) in [6, 6.07) is 9.42. The number of aromatic nitrogens is 3. The Bertz CT molecular complexity index is 708. The first-order valence-corrected chi connectivity index (χ1v) is 7.17. The van der Waals surface area contributed by atoms with Gasteiger partial charge in [0.2, 0.25) is 17.8 Å². The molecule has 1 aliphatic heterocycles. The van der Waals surface area contributed by atoms with Crippen molar-refractivity contribution in [2.24, 2.45) is 5.92 Å². The first kappa shape index (κ1) is 14.2. The first-order valence-electron chi connectivity index (χ1n) is 7.17. The van der Waals surface area contributed by atoms with Gasteiger partial charge in [0.05, 0.1) is 12.5 Å². The summed E-state index contributed by atoms with van der Waals surface area (Å²) >= 11 is 0. The Labute approximate surface area is 127 Å². The second kappa shape index (κ2) is 5.59. The van der Waals surface area contributed by atoms with E-state index in [1.807, 2.05) is 30.3 Å². The molecule has 1 atom stereocenters. The van der Waals surface area contributed by atoms with Gasteiger partial charge in [-0.25, -0.2) is 4.68 Å². The summed E-state index contributed by atoms with van der Waals surface area (Å²) in [6.07, 6.45) is 0.290. The Morgan fingerprint density at radius 3 is 2.77 bits per heavy atom. The maximum Gasteiger partial charge on any atom is 0.250 e. The molecule has 1 aromatic carbocycles. The molecule has 1 aliphatic rings. The van der Waals surface area contributed by atoms with E-state index in [9.17, 15) is 9.59 Å². The van der Waals surface area contributed by atoms with Gasteiger partial charge in [-0.15, -0.1) is 5.10 Å². The monoisotopic (exact) mass is 299 g/mol. The minimum Gasteiger partial charge on any atom is -0.295 e. The zero-order valence-electron chi connectivity index (χ0n) is 12.4. The van der Waals surface area contributed by atoms with Crippen LogP contribution in [0.15, 0.2) is 30.3 Å². The van der Waals surface area contributed by atoms with Crippen molar-refractivity contribution in [3.05, 3.63) is 35.9 Å². The molecule has 2 heterocycles. The summed E-state index contributed by atoms with van der Waals surface area (Å²) in [7, 11) is 0. The van der Waals surface area contributed by atoms with Gasteiger partial charge in [0.15, 0.2) is 0 Å². The van der Waals surface area contributed by atoms with Gasteiger partial charge >= 0.3 is 0 Å². The highest BCUT2D eigenvalue weighted by Crippen LogP contribution is 2.29. The van der Waals surface area contributed by atoms with E-state index in [1.165, 1.54) is 0 Å². The molecule has 114 valence electrons. The Morgan fingerprint density at radius 1 is 1.36 bits per heavy atom. The normalized spacial score (nSPS) is 17.0. The Hall–Kier alpha value is -2.70. The van der Waals surface area contributed by atoms with Gasteiger partial charge in [-0.1, -0.05) is 44.2 Å². The topological polar surface area (TPSA) is 88.9 Å². The second-order valence-electron chi connectivity index (χ2n) is 5.53. The van der Waals surface area contributed by atoms with E-state index < -0.39 is 0 Å². The molecular formula is C15H17N5O2. The fourth-order valence-corrected chi connectivity index (χ4v) is 2.31. The molecule has 2 aromatic rings. The Morgan fingerprint density at radius 2 is 2.09 bits per heavy atom. The first-order chi connectivity index (χ1) is 10.5. The average molecular weight is 299 g/mol. The van der Waals surface area contributed by atoms with Gasteiger partial charge < -0.3 is 0 Å². The predicted octanol–water partition coefficient (Wildman–Crippen LogP) is 1.80. The summed E-state index contributed by atoms with van der Waals surface area (Å²) < 4.78 is 1.65. The molecule has 1 aromatic heterocycles. The maximum atomic E-state index is 11.9. The van der Waals surface area contributed by atoms with Crippen LogP contribution in [0.5, 0.6) is 0 Å². The summed E-state index contributed by atoms with van der Waals surface area (Å²) in [6.45, 7) is 3.58. The minimum atomic E-state index is -0.220. The molecule has 0 fully saturated rings. The highest BCUT2D eigenvalue weighted by Gasteiger charge is 2.29. The van der Waals surface area contributed by atoms with E-state index in [0.29, 0.717) is 5.95 Å². The number of nitrogens with one attached hydrogen (secondary N) is 2. The number of carbonyl (C=O) groups is 2. The molecule has 0 saturated carbocycles. The van der Waals surface area contributed by atoms with Crippen molar-refractivity contribution >= 4 is 23.7 Å². The van der Waals surface area contributed by atoms with E-state index in [0.717, 1.165) is 5.56 Å². The van der Waals surface area contributed by atoms with Crippen LogP contribution in [-0.4, -0.2) is 26.6 Å². The fourth-order valence-electron chi connectivity index (χ4n) is 2.31. The third kappa shape index (κ3) is 2.69. The predicted molar refractivity (Wildman–Crippen MR) is 81.3 cm³/mol. The van der Waals surface area contributed by atoms with Crippen molar-refractivity contribution in [2.45, 2.75) is 26.3 Å². The van der Waals surface area contributed by atoms with Crippen LogP contribution in [0.2, 0.25) is 0 Å². The number of amides is 2. The number of benzene rings is 1. The van der Waals surface area contributed by atoms with Crippen LogP contribution in [0.3, 0.4) is 0 Å². The van der Waals surface area contributed by atoms with Crippen LogP contribution in [0.1, 0.15) is 31.9 Å².